The molecule has 16 atom stereocenters. The Bertz CT molecular complexity index is 2120. The van der Waals surface area contributed by atoms with Crippen molar-refractivity contribution >= 4 is 21.5 Å². The number of nitrogens with zero attached hydrogens (tertiary/aromatic N) is 1. The Morgan fingerprint density at radius 3 is 2.44 bits per heavy atom. The predicted molar refractivity (Wildman–Crippen MR) is 220 cm³/mol. The Morgan fingerprint density at radius 2 is 1.62 bits per heavy atom. The molecule has 3 aromatic rings. The van der Waals surface area contributed by atoms with E-state index in [1.54, 1.807) is 0 Å². The number of allylic oxidation sites excluding steroid dienone is 3. The summed E-state index contributed by atoms with van der Waals surface area (Å²) in [5.74, 6) is 4.07. The molecule has 3 N–H and O–H groups in total. The molecule has 2 bridgehead atoms. The Balaban J connectivity index is 0.845. The maximum absolute atomic E-state index is 12.8. The number of aryl methyl sites for hydroxylation is 1. The molecule has 4 spiro atoms. The van der Waals surface area contributed by atoms with Gasteiger partial charge in [-0.3, -0.25) is 4.90 Å². The van der Waals surface area contributed by atoms with Crippen LogP contribution in [0.3, 0.4) is 0 Å². The molecular weight excluding hydrogens is 675 g/mol. The van der Waals surface area contributed by atoms with Gasteiger partial charge in [-0.25, -0.2) is 0 Å². The summed E-state index contributed by atoms with van der Waals surface area (Å²) in [7, 11) is 0. The largest absolute Gasteiger partial charge is 0.393 e. The van der Waals surface area contributed by atoms with Gasteiger partial charge in [0.1, 0.15) is 0 Å². The topological polar surface area (TPSA) is 63.9 Å². The molecule has 2 saturated heterocycles. The smallest absolute Gasteiger partial charge is 0.0867 e. The average molecular weight is 738 g/mol. The van der Waals surface area contributed by atoms with Gasteiger partial charge in [0.15, 0.2) is 0 Å². The monoisotopic (exact) mass is 737 g/mol. The summed E-state index contributed by atoms with van der Waals surface area (Å²) in [5.41, 5.74) is 0.712. The molecule has 10 aliphatic rings. The van der Waals surface area contributed by atoms with Crippen molar-refractivity contribution in [3.05, 3.63) is 84.5 Å². The third-order valence-electron chi connectivity index (χ3n) is 19.7. The SMILES string of the molecule is C[C@@H]1CC[C@H]2N(C1)C[C@H]1[C@H]3[C@H]4C=CC[C@@]56C[C@]7(CC[C@H](CCc8ccc9cc%10ccccc%10cc9c8)C7)[C@H](O)C[C@H]5[C@@H](O)C[C@@H]([C@H]46)[C@@]34C=C[C@@]1(CC4)[C@]2(C)O. The summed E-state index contributed by atoms with van der Waals surface area (Å²) in [4.78, 5) is 2.73. The first-order valence-electron chi connectivity index (χ1n) is 22.7. The molecule has 4 nitrogen and oxygen atoms in total. The summed E-state index contributed by atoms with van der Waals surface area (Å²) in [5, 5.41) is 42.6. The number of hydrogen-bond donors (Lipinski definition) is 3. The van der Waals surface area contributed by atoms with Crippen LogP contribution >= 0.6 is 0 Å². The van der Waals surface area contributed by atoms with Crippen LogP contribution in [-0.2, 0) is 6.42 Å². The minimum absolute atomic E-state index is 0.0345. The first kappa shape index (κ1) is 34.5. The van der Waals surface area contributed by atoms with Crippen LogP contribution in [0.5, 0.6) is 0 Å². The van der Waals surface area contributed by atoms with Crippen molar-refractivity contribution < 1.29 is 15.3 Å². The molecule has 55 heavy (non-hydrogen) atoms. The van der Waals surface area contributed by atoms with Crippen molar-refractivity contribution in [1.82, 2.24) is 4.90 Å². The van der Waals surface area contributed by atoms with Crippen LogP contribution in [-0.4, -0.2) is 57.2 Å². The maximum Gasteiger partial charge on any atom is 0.0867 e. The zero-order valence-electron chi connectivity index (χ0n) is 33.3. The number of aliphatic hydroxyl groups is 3. The second-order valence-electron chi connectivity index (χ2n) is 21.7. The zero-order valence-corrected chi connectivity index (χ0v) is 33.3. The number of benzene rings is 3. The zero-order chi connectivity index (χ0) is 37.1. The van der Waals surface area contributed by atoms with Crippen molar-refractivity contribution in [3.63, 3.8) is 0 Å². The van der Waals surface area contributed by atoms with Gasteiger partial charge in [-0.15, -0.1) is 0 Å². The summed E-state index contributed by atoms with van der Waals surface area (Å²) in [6.45, 7) is 6.88. The predicted octanol–water partition coefficient (Wildman–Crippen LogP) is 9.49. The fourth-order valence-corrected chi connectivity index (χ4v) is 17.6. The third kappa shape index (κ3) is 4.44. The summed E-state index contributed by atoms with van der Waals surface area (Å²) >= 11 is 0. The lowest BCUT2D eigenvalue weighted by molar-refractivity contribution is -0.228. The van der Waals surface area contributed by atoms with E-state index in [0.717, 1.165) is 70.9 Å². The lowest BCUT2D eigenvalue weighted by atomic mass is 9.40. The van der Waals surface area contributed by atoms with E-state index in [9.17, 15) is 15.3 Å². The highest BCUT2D eigenvalue weighted by molar-refractivity contribution is 5.98. The minimum atomic E-state index is -0.718. The highest BCUT2D eigenvalue weighted by Gasteiger charge is 2.78. The Kier molecular flexibility index (Phi) is 7.27. The van der Waals surface area contributed by atoms with E-state index in [2.05, 4.69) is 97.6 Å². The third-order valence-corrected chi connectivity index (χ3v) is 19.7. The van der Waals surface area contributed by atoms with Crippen LogP contribution in [0.1, 0.15) is 96.5 Å². The van der Waals surface area contributed by atoms with Gasteiger partial charge >= 0.3 is 0 Å². The van der Waals surface area contributed by atoms with E-state index in [0.29, 0.717) is 41.4 Å². The molecule has 0 amide bonds. The van der Waals surface area contributed by atoms with Crippen molar-refractivity contribution in [2.75, 3.05) is 13.1 Å². The molecule has 2 heterocycles. The second-order valence-corrected chi connectivity index (χ2v) is 21.7. The molecule has 3 aromatic carbocycles. The molecule has 2 aliphatic heterocycles. The maximum atomic E-state index is 12.8. The van der Waals surface area contributed by atoms with E-state index >= 15 is 0 Å². The minimum Gasteiger partial charge on any atom is -0.393 e. The fraction of sp³-hybridized carbons (Fsp3) is 0.647. The Labute approximate surface area is 328 Å². The highest BCUT2D eigenvalue weighted by Crippen LogP contribution is 2.80. The molecule has 290 valence electrons. The van der Waals surface area contributed by atoms with Crippen LogP contribution in [0.25, 0.3) is 21.5 Å². The molecule has 5 saturated carbocycles. The lowest BCUT2D eigenvalue weighted by Crippen LogP contribution is -2.74. The average Bonchev–Trinajstić information content (AvgIpc) is 3.72. The van der Waals surface area contributed by atoms with Gasteiger partial charge in [-0.2, -0.15) is 0 Å². The molecule has 8 aliphatic carbocycles. The molecule has 7 fully saturated rings. The van der Waals surface area contributed by atoms with Crippen LogP contribution < -0.4 is 0 Å². The molecule has 0 unspecified atom stereocenters. The van der Waals surface area contributed by atoms with Crippen molar-refractivity contribution in [2.45, 2.75) is 121 Å². The van der Waals surface area contributed by atoms with Crippen molar-refractivity contribution in [1.29, 1.82) is 0 Å². The van der Waals surface area contributed by atoms with Gasteiger partial charge in [-0.1, -0.05) is 73.7 Å². The van der Waals surface area contributed by atoms with E-state index in [1.807, 2.05) is 0 Å². The summed E-state index contributed by atoms with van der Waals surface area (Å²) < 4.78 is 0. The molecule has 4 heteroatoms. The summed E-state index contributed by atoms with van der Waals surface area (Å²) in [6.07, 6.45) is 24.1. The fourth-order valence-electron chi connectivity index (χ4n) is 17.6. The molecular formula is C51H63NO3. The van der Waals surface area contributed by atoms with E-state index < -0.39 is 5.60 Å². The van der Waals surface area contributed by atoms with Crippen LogP contribution in [0.15, 0.2) is 78.9 Å². The van der Waals surface area contributed by atoms with Gasteiger partial charge in [0.05, 0.1) is 17.8 Å². The summed E-state index contributed by atoms with van der Waals surface area (Å²) in [6, 6.07) is 20.7. The van der Waals surface area contributed by atoms with Crippen molar-refractivity contribution in [3.8, 4) is 0 Å². The van der Waals surface area contributed by atoms with Gasteiger partial charge < -0.3 is 15.3 Å². The van der Waals surface area contributed by atoms with Crippen LogP contribution in [0, 0.1) is 69.0 Å². The number of aliphatic hydroxyl groups excluding tert-OH is 2. The first-order valence-corrected chi connectivity index (χ1v) is 22.7. The van der Waals surface area contributed by atoms with Gasteiger partial charge in [0.2, 0.25) is 0 Å². The second kappa shape index (κ2) is 11.6. The number of piperidine rings is 2. The van der Waals surface area contributed by atoms with Crippen molar-refractivity contribution in [2.24, 2.45) is 69.0 Å². The van der Waals surface area contributed by atoms with Crippen LogP contribution in [0.2, 0.25) is 0 Å². The Hall–Kier alpha value is -2.50. The number of rotatable bonds is 3. The normalized spacial score (nSPS) is 50.5. The standard InChI is InChI=1S/C51H63NO3/c1-31-9-14-43-47(2,55)51-20-18-49(19-21-51)40-25-42(53)39-26-44(54)48(30-50(39)16-5-8-38(45(40)50)46(49)41(51)29-52(43)28-31)17-15-33(27-48)11-10-32-12-13-36-23-34-6-3-4-7-35(34)24-37(36)22-32/h3-8,12-13,18,20,22-24,31,33,38-46,53-55H,9-11,14-17,19,21,25-30H2,1-2H3/t31-,33+,38+,39+,40+,41+,42+,43-,44-,45+,46-,47-,48-,49+,50-,51+/m1/s1. The quantitative estimate of drug-likeness (QED) is 0.185. The number of hydrogen-bond acceptors (Lipinski definition) is 4. The first-order chi connectivity index (χ1) is 26.6. The highest BCUT2D eigenvalue weighted by atomic mass is 16.3. The number of fused-ring (bicyclic) bond motifs is 4. The van der Waals surface area contributed by atoms with Crippen LogP contribution in [0.4, 0.5) is 0 Å². The molecule has 0 radical (unpaired) electrons. The van der Waals surface area contributed by atoms with Gasteiger partial charge in [0.25, 0.3) is 0 Å². The van der Waals surface area contributed by atoms with E-state index in [-0.39, 0.29) is 45.8 Å². The van der Waals surface area contributed by atoms with Gasteiger partial charge in [-0.05, 0) is 193 Å². The Morgan fingerprint density at radius 1 is 0.800 bits per heavy atom. The van der Waals surface area contributed by atoms with E-state index in [1.165, 1.54) is 52.8 Å². The molecule has 13 rings (SSSR count). The van der Waals surface area contributed by atoms with E-state index in [4.69, 9.17) is 0 Å². The lowest BCUT2D eigenvalue weighted by Gasteiger charge is -2.69. The molecule has 0 aromatic heterocycles. The van der Waals surface area contributed by atoms with Gasteiger partial charge in [0, 0.05) is 24.5 Å².